The summed E-state index contributed by atoms with van der Waals surface area (Å²) in [4.78, 5) is 4.49. The molecule has 2 N–H and O–H groups in total. The van der Waals surface area contributed by atoms with Crippen molar-refractivity contribution in [2.24, 2.45) is 0 Å². The molecule has 0 saturated carbocycles. The van der Waals surface area contributed by atoms with E-state index in [-0.39, 0.29) is 5.41 Å². The second kappa shape index (κ2) is 4.90. The predicted octanol–water partition coefficient (Wildman–Crippen LogP) is 2.86. The summed E-state index contributed by atoms with van der Waals surface area (Å²) in [7, 11) is 1.63. The van der Waals surface area contributed by atoms with Crippen molar-refractivity contribution in [2.45, 2.75) is 38.7 Å². The highest BCUT2D eigenvalue weighted by Crippen LogP contribution is 2.32. The van der Waals surface area contributed by atoms with Crippen LogP contribution in [0, 0.1) is 0 Å². The number of nitrogen functional groups attached to an aromatic ring is 1. The van der Waals surface area contributed by atoms with Gasteiger partial charge in [0.05, 0.1) is 5.41 Å². The number of rotatable bonds is 4. The van der Waals surface area contributed by atoms with Crippen molar-refractivity contribution in [1.29, 1.82) is 0 Å². The molecule has 1 heterocycles. The first-order valence-corrected chi connectivity index (χ1v) is 6.53. The molecule has 5 nitrogen and oxygen atoms in total. The summed E-state index contributed by atoms with van der Waals surface area (Å²) < 4.78 is 10.8. The number of hydrogen-bond donors (Lipinski definition) is 1. The second-order valence-electron chi connectivity index (χ2n) is 5.88. The number of nitrogens with two attached hydrogens (primary N) is 1. The van der Waals surface area contributed by atoms with Crippen LogP contribution in [0.3, 0.4) is 0 Å². The number of anilines is 1. The maximum Gasteiger partial charge on any atom is 0.236 e. The minimum absolute atomic E-state index is 0.386. The molecule has 0 aliphatic heterocycles. The van der Waals surface area contributed by atoms with E-state index in [0.29, 0.717) is 11.7 Å². The van der Waals surface area contributed by atoms with Crippen LogP contribution in [-0.4, -0.2) is 17.3 Å². The zero-order chi connectivity index (χ0) is 15.0. The van der Waals surface area contributed by atoms with E-state index in [4.69, 9.17) is 15.0 Å². The molecule has 0 fully saturated rings. The molecule has 2 rings (SSSR count). The SMILES string of the molecule is COC(C)(C)c1noc(C(C)(C)c2ccc(N)cc2)n1. The lowest BCUT2D eigenvalue weighted by atomic mass is 9.84. The van der Waals surface area contributed by atoms with Crippen molar-refractivity contribution in [3.8, 4) is 0 Å². The van der Waals surface area contributed by atoms with Gasteiger partial charge in [-0.15, -0.1) is 0 Å². The summed E-state index contributed by atoms with van der Waals surface area (Å²) in [6, 6.07) is 7.68. The summed E-state index contributed by atoms with van der Waals surface area (Å²) >= 11 is 0. The van der Waals surface area contributed by atoms with Gasteiger partial charge in [-0.25, -0.2) is 0 Å². The smallest absolute Gasteiger partial charge is 0.236 e. The average Bonchev–Trinajstić information content (AvgIpc) is 2.90. The molecule has 0 spiro atoms. The highest BCUT2D eigenvalue weighted by molar-refractivity contribution is 5.42. The quantitative estimate of drug-likeness (QED) is 0.868. The van der Waals surface area contributed by atoms with E-state index in [0.717, 1.165) is 11.3 Å². The molecule has 0 aliphatic carbocycles. The van der Waals surface area contributed by atoms with Gasteiger partial charge in [0, 0.05) is 12.8 Å². The van der Waals surface area contributed by atoms with Crippen molar-refractivity contribution >= 4 is 5.69 Å². The molecule has 0 bridgehead atoms. The Labute approximate surface area is 119 Å². The molecule has 0 unspecified atom stereocenters. The Hall–Kier alpha value is -1.88. The number of nitrogens with zero attached hydrogens (tertiary/aromatic N) is 2. The first kappa shape index (κ1) is 14.5. The van der Waals surface area contributed by atoms with E-state index in [1.54, 1.807) is 7.11 Å². The van der Waals surface area contributed by atoms with Crippen LogP contribution in [0.4, 0.5) is 5.69 Å². The van der Waals surface area contributed by atoms with E-state index in [1.165, 1.54) is 0 Å². The molecule has 0 saturated heterocycles. The van der Waals surface area contributed by atoms with Gasteiger partial charge in [-0.05, 0) is 45.4 Å². The third kappa shape index (κ3) is 2.54. The molecule has 0 aliphatic rings. The first-order valence-electron chi connectivity index (χ1n) is 6.53. The third-order valence-electron chi connectivity index (χ3n) is 3.64. The molecule has 0 atom stereocenters. The zero-order valence-corrected chi connectivity index (χ0v) is 12.6. The molecular weight excluding hydrogens is 254 g/mol. The van der Waals surface area contributed by atoms with Gasteiger partial charge < -0.3 is 15.0 Å². The number of hydrogen-bond acceptors (Lipinski definition) is 5. The van der Waals surface area contributed by atoms with Crippen molar-refractivity contribution in [2.75, 3.05) is 12.8 Å². The fraction of sp³-hybridized carbons (Fsp3) is 0.467. The molecule has 1 aromatic heterocycles. The van der Waals surface area contributed by atoms with Crippen LogP contribution < -0.4 is 5.73 Å². The fourth-order valence-electron chi connectivity index (χ4n) is 1.84. The lowest BCUT2D eigenvalue weighted by molar-refractivity contribution is 0.00973. The third-order valence-corrected chi connectivity index (χ3v) is 3.64. The van der Waals surface area contributed by atoms with Gasteiger partial charge in [-0.1, -0.05) is 17.3 Å². The zero-order valence-electron chi connectivity index (χ0n) is 12.6. The number of aromatic nitrogens is 2. The first-order chi connectivity index (χ1) is 9.27. The molecule has 2 aromatic rings. The highest BCUT2D eigenvalue weighted by atomic mass is 16.5. The van der Waals surface area contributed by atoms with Crippen LogP contribution in [0.2, 0.25) is 0 Å². The lowest BCUT2D eigenvalue weighted by Crippen LogP contribution is -2.23. The molecule has 0 amide bonds. The summed E-state index contributed by atoms with van der Waals surface area (Å²) in [5, 5.41) is 4.03. The Morgan fingerprint density at radius 2 is 1.70 bits per heavy atom. The summed E-state index contributed by atoms with van der Waals surface area (Å²) in [6.45, 7) is 7.88. The molecule has 20 heavy (non-hydrogen) atoms. The van der Waals surface area contributed by atoms with Gasteiger partial charge in [-0.2, -0.15) is 4.98 Å². The summed E-state index contributed by atoms with van der Waals surface area (Å²) in [5.74, 6) is 1.10. The van der Waals surface area contributed by atoms with Gasteiger partial charge in [0.2, 0.25) is 11.7 Å². The molecule has 0 radical (unpaired) electrons. The predicted molar refractivity (Wildman–Crippen MR) is 77.3 cm³/mol. The number of benzene rings is 1. The number of ether oxygens (including phenoxy) is 1. The van der Waals surface area contributed by atoms with Gasteiger partial charge in [0.25, 0.3) is 0 Å². The van der Waals surface area contributed by atoms with Crippen molar-refractivity contribution in [3.05, 3.63) is 41.5 Å². The van der Waals surface area contributed by atoms with E-state index < -0.39 is 5.60 Å². The Bertz CT molecular complexity index is 585. The molecule has 1 aromatic carbocycles. The van der Waals surface area contributed by atoms with Crippen LogP contribution in [0.15, 0.2) is 28.8 Å². The fourth-order valence-corrected chi connectivity index (χ4v) is 1.84. The summed E-state index contributed by atoms with van der Waals surface area (Å²) in [6.07, 6.45) is 0. The standard InChI is InChI=1S/C15H21N3O2/c1-14(2,10-6-8-11(16)9-7-10)13-17-12(18-20-13)15(3,4)19-5/h6-9H,16H2,1-5H3. The van der Waals surface area contributed by atoms with Gasteiger partial charge in [0.15, 0.2) is 0 Å². The second-order valence-corrected chi connectivity index (χ2v) is 5.88. The minimum atomic E-state index is -0.570. The van der Waals surface area contributed by atoms with Crippen molar-refractivity contribution < 1.29 is 9.26 Å². The highest BCUT2D eigenvalue weighted by Gasteiger charge is 2.33. The van der Waals surface area contributed by atoms with Gasteiger partial charge >= 0.3 is 0 Å². The van der Waals surface area contributed by atoms with Crippen molar-refractivity contribution in [1.82, 2.24) is 10.1 Å². The Morgan fingerprint density at radius 3 is 2.25 bits per heavy atom. The molecular formula is C15H21N3O2. The summed E-state index contributed by atoms with van der Waals surface area (Å²) in [5.41, 5.74) is 6.56. The maximum atomic E-state index is 5.72. The monoisotopic (exact) mass is 275 g/mol. The van der Waals surface area contributed by atoms with Crippen LogP contribution in [0.25, 0.3) is 0 Å². The van der Waals surface area contributed by atoms with E-state index >= 15 is 0 Å². The van der Waals surface area contributed by atoms with Crippen LogP contribution in [0.1, 0.15) is 45.0 Å². The van der Waals surface area contributed by atoms with E-state index in [1.807, 2.05) is 52.0 Å². The van der Waals surface area contributed by atoms with Crippen LogP contribution >= 0.6 is 0 Å². The Morgan fingerprint density at radius 1 is 1.10 bits per heavy atom. The van der Waals surface area contributed by atoms with Crippen LogP contribution in [0.5, 0.6) is 0 Å². The number of methoxy groups -OCH3 is 1. The van der Waals surface area contributed by atoms with Gasteiger partial charge in [-0.3, -0.25) is 0 Å². The Balaban J connectivity index is 2.37. The Kier molecular flexibility index (Phi) is 3.56. The topological polar surface area (TPSA) is 74.2 Å². The van der Waals surface area contributed by atoms with Gasteiger partial charge in [0.1, 0.15) is 5.60 Å². The van der Waals surface area contributed by atoms with E-state index in [9.17, 15) is 0 Å². The van der Waals surface area contributed by atoms with Crippen LogP contribution in [-0.2, 0) is 15.8 Å². The molecule has 108 valence electrons. The normalized spacial score (nSPS) is 12.7. The average molecular weight is 275 g/mol. The minimum Gasteiger partial charge on any atom is -0.399 e. The lowest BCUT2D eigenvalue weighted by Gasteiger charge is -2.21. The molecule has 5 heteroatoms. The van der Waals surface area contributed by atoms with Crippen molar-refractivity contribution in [3.63, 3.8) is 0 Å². The maximum absolute atomic E-state index is 5.72. The van der Waals surface area contributed by atoms with E-state index in [2.05, 4.69) is 10.1 Å². The largest absolute Gasteiger partial charge is 0.399 e.